The summed E-state index contributed by atoms with van der Waals surface area (Å²) in [6, 6.07) is 8.08. The van der Waals surface area contributed by atoms with Crippen molar-refractivity contribution in [3.8, 4) is 11.3 Å². The largest absolute Gasteiger partial charge is 0.416 e. The number of nitrogens with two attached hydrogens (primary N) is 1. The average molecular weight is 598 g/mol. The van der Waals surface area contributed by atoms with E-state index in [-0.39, 0.29) is 29.7 Å². The number of hydroxylamine groups is 1. The maximum Gasteiger partial charge on any atom is 0.416 e. The van der Waals surface area contributed by atoms with Crippen molar-refractivity contribution < 1.29 is 28.0 Å². The van der Waals surface area contributed by atoms with E-state index in [1.807, 2.05) is 4.68 Å². The van der Waals surface area contributed by atoms with Crippen molar-refractivity contribution in [1.29, 1.82) is 0 Å². The summed E-state index contributed by atoms with van der Waals surface area (Å²) in [5.74, 6) is -0.962. The van der Waals surface area contributed by atoms with Crippen molar-refractivity contribution in [3.63, 3.8) is 0 Å². The molecule has 1 atom stereocenters. The second-order valence-corrected chi connectivity index (χ2v) is 10.3. The molecule has 5 rings (SSSR count). The van der Waals surface area contributed by atoms with Gasteiger partial charge in [0.2, 0.25) is 5.91 Å². The standard InChI is InChI=1S/C28H30F3N9O3/c29-28(30,31)19-10-11-33-21(14-19)36-27(42)18-8-6-17(7-9-18)24-23-25(32)34-16-35-26(23)40(37-24)20-4-3-13-39(15-20)12-2-1-5-22(41)38-43/h6-11,14,16,20,43H,1-5,12-13,15H2,(H,38,41)(H2,32,34,35)(H,33,36,42). The molecule has 3 aromatic heterocycles. The second kappa shape index (κ2) is 12.7. The lowest BCUT2D eigenvalue weighted by Gasteiger charge is -2.32. The predicted octanol–water partition coefficient (Wildman–Crippen LogP) is 4.05. The lowest BCUT2D eigenvalue weighted by molar-refractivity contribution is -0.137. The second-order valence-electron chi connectivity index (χ2n) is 10.3. The molecule has 4 heterocycles. The maximum atomic E-state index is 13.0. The van der Waals surface area contributed by atoms with Crippen LogP contribution >= 0.6 is 0 Å². The molecule has 2 amide bonds. The van der Waals surface area contributed by atoms with Crippen molar-refractivity contribution in [2.24, 2.45) is 0 Å². The summed E-state index contributed by atoms with van der Waals surface area (Å²) in [5, 5.41) is 16.5. The number of aromatic nitrogens is 5. The molecule has 1 fully saturated rings. The molecule has 12 nitrogen and oxygen atoms in total. The van der Waals surface area contributed by atoms with E-state index in [0.717, 1.165) is 57.2 Å². The van der Waals surface area contributed by atoms with Crippen molar-refractivity contribution in [3.05, 3.63) is 60.0 Å². The minimum absolute atomic E-state index is 0.0186. The van der Waals surface area contributed by atoms with E-state index < -0.39 is 23.6 Å². The monoisotopic (exact) mass is 597 g/mol. The third-order valence-corrected chi connectivity index (χ3v) is 7.35. The highest BCUT2D eigenvalue weighted by atomic mass is 19.4. The van der Waals surface area contributed by atoms with Crippen molar-refractivity contribution in [2.45, 2.75) is 44.3 Å². The number of halogens is 3. The van der Waals surface area contributed by atoms with Gasteiger partial charge < -0.3 is 16.0 Å². The molecular formula is C28H30F3N9O3. The van der Waals surface area contributed by atoms with E-state index in [9.17, 15) is 22.8 Å². The average Bonchev–Trinajstić information content (AvgIpc) is 3.40. The van der Waals surface area contributed by atoms with Gasteiger partial charge in [-0.1, -0.05) is 12.1 Å². The first-order chi connectivity index (χ1) is 20.6. The van der Waals surface area contributed by atoms with Gasteiger partial charge in [-0.25, -0.2) is 25.1 Å². The number of carbonyl (C=O) groups is 2. The Morgan fingerprint density at radius 2 is 1.88 bits per heavy atom. The molecule has 0 bridgehead atoms. The van der Waals surface area contributed by atoms with E-state index in [0.29, 0.717) is 28.7 Å². The zero-order chi connectivity index (χ0) is 30.6. The lowest BCUT2D eigenvalue weighted by atomic mass is 10.0. The SMILES string of the molecule is Nc1ncnc2c1c(-c1ccc(C(=O)Nc3cc(C(F)(F)F)ccn3)cc1)nn2C1CCCN(CCCCC(=O)NO)C1. The predicted molar refractivity (Wildman–Crippen MR) is 151 cm³/mol. The normalized spacial score (nSPS) is 15.9. The van der Waals surface area contributed by atoms with E-state index in [2.05, 4.69) is 25.2 Å². The first-order valence-electron chi connectivity index (χ1n) is 13.7. The number of hydrogen-bond donors (Lipinski definition) is 4. The van der Waals surface area contributed by atoms with E-state index in [4.69, 9.17) is 16.0 Å². The zero-order valence-electron chi connectivity index (χ0n) is 23.0. The number of nitrogens with one attached hydrogen (secondary N) is 2. The number of unbranched alkanes of at least 4 members (excludes halogenated alkanes) is 1. The Balaban J connectivity index is 1.33. The Labute approximate surface area is 244 Å². The van der Waals surface area contributed by atoms with Crippen LogP contribution < -0.4 is 16.5 Å². The van der Waals surface area contributed by atoms with Gasteiger partial charge in [0.15, 0.2) is 5.65 Å². The number of piperidine rings is 1. The third-order valence-electron chi connectivity index (χ3n) is 7.35. The molecule has 43 heavy (non-hydrogen) atoms. The van der Waals surface area contributed by atoms with Crippen LogP contribution in [-0.4, -0.2) is 66.3 Å². The maximum absolute atomic E-state index is 13.0. The highest BCUT2D eigenvalue weighted by Crippen LogP contribution is 2.34. The number of carbonyl (C=O) groups excluding carboxylic acids is 2. The number of likely N-dealkylation sites (tertiary alicyclic amines) is 1. The van der Waals surface area contributed by atoms with Crippen LogP contribution in [0.1, 0.15) is 54.1 Å². The van der Waals surface area contributed by atoms with Gasteiger partial charge in [0.25, 0.3) is 5.91 Å². The van der Waals surface area contributed by atoms with Gasteiger partial charge in [-0.2, -0.15) is 18.3 Å². The van der Waals surface area contributed by atoms with Crippen molar-refractivity contribution in [2.75, 3.05) is 30.7 Å². The van der Waals surface area contributed by atoms with E-state index >= 15 is 0 Å². The molecule has 0 aliphatic carbocycles. The Morgan fingerprint density at radius 3 is 2.63 bits per heavy atom. The molecule has 0 saturated carbocycles. The fourth-order valence-electron chi connectivity index (χ4n) is 5.21. The summed E-state index contributed by atoms with van der Waals surface area (Å²) in [4.78, 5) is 38.8. The number of nitrogens with zero attached hydrogens (tertiary/aromatic N) is 6. The molecule has 1 unspecified atom stereocenters. The highest BCUT2D eigenvalue weighted by molar-refractivity contribution is 6.04. The number of anilines is 2. The number of pyridine rings is 1. The molecule has 4 aromatic rings. The zero-order valence-corrected chi connectivity index (χ0v) is 23.0. The topological polar surface area (TPSA) is 164 Å². The molecule has 15 heteroatoms. The van der Waals surface area contributed by atoms with Gasteiger partial charge in [-0.15, -0.1) is 0 Å². The van der Waals surface area contributed by atoms with Crippen LogP contribution in [0.15, 0.2) is 48.9 Å². The van der Waals surface area contributed by atoms with Gasteiger partial charge in [-0.3, -0.25) is 14.8 Å². The Bertz CT molecular complexity index is 1610. The minimum Gasteiger partial charge on any atom is -0.383 e. The summed E-state index contributed by atoms with van der Waals surface area (Å²) >= 11 is 0. The molecule has 0 spiro atoms. The van der Waals surface area contributed by atoms with Crippen LogP contribution in [0.5, 0.6) is 0 Å². The molecule has 1 saturated heterocycles. The Hall–Kier alpha value is -4.63. The molecule has 1 aromatic carbocycles. The first-order valence-corrected chi connectivity index (χ1v) is 13.7. The number of nitrogen functional groups attached to an aromatic ring is 1. The molecule has 5 N–H and O–H groups in total. The minimum atomic E-state index is -4.56. The Kier molecular flexibility index (Phi) is 8.82. The fourth-order valence-corrected chi connectivity index (χ4v) is 5.21. The Morgan fingerprint density at radius 1 is 1.09 bits per heavy atom. The lowest BCUT2D eigenvalue weighted by Crippen LogP contribution is -2.37. The van der Waals surface area contributed by atoms with Gasteiger partial charge >= 0.3 is 6.18 Å². The quantitative estimate of drug-likeness (QED) is 0.127. The molecule has 1 aliphatic heterocycles. The van der Waals surface area contributed by atoms with Crippen LogP contribution in [0.3, 0.4) is 0 Å². The van der Waals surface area contributed by atoms with Gasteiger partial charge in [0.05, 0.1) is 17.0 Å². The summed E-state index contributed by atoms with van der Waals surface area (Å²) in [6.07, 6.45) is 1.38. The summed E-state index contributed by atoms with van der Waals surface area (Å²) in [7, 11) is 0. The number of amides is 2. The van der Waals surface area contributed by atoms with Crippen LogP contribution in [0, 0.1) is 0 Å². The molecule has 226 valence electrons. The van der Waals surface area contributed by atoms with Gasteiger partial charge in [0, 0.05) is 30.3 Å². The molecule has 0 radical (unpaired) electrons. The van der Waals surface area contributed by atoms with Crippen molar-refractivity contribution >= 4 is 34.5 Å². The van der Waals surface area contributed by atoms with Crippen LogP contribution in [0.25, 0.3) is 22.3 Å². The summed E-state index contributed by atoms with van der Waals surface area (Å²) in [6.45, 7) is 2.46. The number of hydrogen-bond acceptors (Lipinski definition) is 9. The van der Waals surface area contributed by atoms with Gasteiger partial charge in [-0.05, 0) is 63.0 Å². The number of rotatable bonds is 9. The van der Waals surface area contributed by atoms with Crippen LogP contribution in [0.4, 0.5) is 24.8 Å². The van der Waals surface area contributed by atoms with Crippen molar-refractivity contribution in [1.82, 2.24) is 35.1 Å². The number of fused-ring (bicyclic) bond motifs is 1. The summed E-state index contributed by atoms with van der Waals surface area (Å²) in [5.41, 5.74) is 9.03. The smallest absolute Gasteiger partial charge is 0.383 e. The van der Waals surface area contributed by atoms with E-state index in [1.54, 1.807) is 29.7 Å². The first kappa shape index (κ1) is 29.8. The number of benzene rings is 1. The van der Waals surface area contributed by atoms with Crippen LogP contribution in [0.2, 0.25) is 0 Å². The van der Waals surface area contributed by atoms with E-state index in [1.165, 1.54) is 6.33 Å². The highest BCUT2D eigenvalue weighted by Gasteiger charge is 2.31. The number of alkyl halides is 3. The third kappa shape index (κ3) is 6.89. The van der Waals surface area contributed by atoms with Crippen LogP contribution in [-0.2, 0) is 11.0 Å². The molecule has 1 aliphatic rings. The molecular weight excluding hydrogens is 567 g/mol. The summed E-state index contributed by atoms with van der Waals surface area (Å²) < 4.78 is 40.9. The van der Waals surface area contributed by atoms with Gasteiger partial charge in [0.1, 0.15) is 23.7 Å². The fraction of sp³-hybridized carbons (Fsp3) is 0.357.